The van der Waals surface area contributed by atoms with Gasteiger partial charge in [0.25, 0.3) is 0 Å². The Balaban J connectivity index is 1.95. The molecule has 0 atom stereocenters. The Bertz CT molecular complexity index is 696. The molecule has 24 heavy (non-hydrogen) atoms. The third-order valence-electron chi connectivity index (χ3n) is 3.90. The Labute approximate surface area is 142 Å². The molecule has 0 aromatic heterocycles. The highest BCUT2D eigenvalue weighted by molar-refractivity contribution is 7.89. The summed E-state index contributed by atoms with van der Waals surface area (Å²) in [4.78, 5) is 23.7. The van der Waals surface area contributed by atoms with E-state index in [9.17, 15) is 18.0 Å². The van der Waals surface area contributed by atoms with E-state index in [2.05, 4.69) is 10.1 Å². The van der Waals surface area contributed by atoms with Crippen LogP contribution in [0.4, 0.5) is 5.69 Å². The number of methoxy groups -OCH3 is 1. The topological polar surface area (TPSA) is 92.8 Å². The van der Waals surface area contributed by atoms with Crippen molar-refractivity contribution in [3.05, 3.63) is 29.8 Å². The minimum atomic E-state index is -3.42. The van der Waals surface area contributed by atoms with Crippen molar-refractivity contribution in [3.8, 4) is 0 Å². The van der Waals surface area contributed by atoms with Crippen LogP contribution in [0.3, 0.4) is 0 Å². The van der Waals surface area contributed by atoms with E-state index < -0.39 is 21.9 Å². The summed E-state index contributed by atoms with van der Waals surface area (Å²) in [6, 6.07) is 6.43. The summed E-state index contributed by atoms with van der Waals surface area (Å²) in [6.07, 6.45) is 2.60. The molecule has 1 aromatic rings. The van der Waals surface area contributed by atoms with Gasteiger partial charge in [-0.2, -0.15) is 0 Å². The van der Waals surface area contributed by atoms with Crippen molar-refractivity contribution in [1.82, 2.24) is 4.31 Å². The number of ether oxygens (including phenoxy) is 1. The van der Waals surface area contributed by atoms with Crippen LogP contribution in [-0.4, -0.2) is 50.6 Å². The van der Waals surface area contributed by atoms with Crippen LogP contribution in [-0.2, 0) is 19.6 Å². The molecular weight excluding hydrogens is 332 g/mol. The van der Waals surface area contributed by atoms with Gasteiger partial charge in [-0.25, -0.2) is 17.5 Å². The molecular formula is C16H22N2O5S. The largest absolute Gasteiger partial charge is 0.465 e. The molecule has 0 aliphatic carbocycles. The molecule has 0 spiro atoms. The summed E-state index contributed by atoms with van der Waals surface area (Å²) in [5.74, 6) is -1.25. The summed E-state index contributed by atoms with van der Waals surface area (Å²) < 4.78 is 30.6. The number of para-hydroxylation sites is 1. The number of hydrogen-bond donors (Lipinski definition) is 1. The van der Waals surface area contributed by atoms with Crippen molar-refractivity contribution in [3.63, 3.8) is 0 Å². The summed E-state index contributed by atoms with van der Waals surface area (Å²) in [6.45, 7) is 1.05. The number of nitrogens with one attached hydrogen (secondary N) is 1. The van der Waals surface area contributed by atoms with Crippen molar-refractivity contribution in [2.75, 3.05) is 31.3 Å². The minimum Gasteiger partial charge on any atom is -0.465 e. The van der Waals surface area contributed by atoms with Gasteiger partial charge < -0.3 is 10.1 Å². The van der Waals surface area contributed by atoms with Gasteiger partial charge in [-0.15, -0.1) is 0 Å². The van der Waals surface area contributed by atoms with Gasteiger partial charge >= 0.3 is 5.97 Å². The Morgan fingerprint density at radius 3 is 2.50 bits per heavy atom. The molecule has 7 nitrogen and oxygen atoms in total. The van der Waals surface area contributed by atoms with Crippen LogP contribution >= 0.6 is 0 Å². The smallest absolute Gasteiger partial charge is 0.339 e. The standard InChI is InChI=1S/C16H22N2O5S/c1-23-16(20)13-7-3-4-8-14(13)17-15(19)9-12-24(21,22)18-10-5-2-6-11-18/h3-4,7-8H,2,5-6,9-12H2,1H3,(H,17,19). The second-order valence-electron chi connectivity index (χ2n) is 5.61. The van der Waals surface area contributed by atoms with Gasteiger partial charge in [-0.3, -0.25) is 4.79 Å². The van der Waals surface area contributed by atoms with Crippen LogP contribution in [0.2, 0.25) is 0 Å². The van der Waals surface area contributed by atoms with E-state index in [0.29, 0.717) is 18.8 Å². The second kappa shape index (κ2) is 8.25. The summed E-state index contributed by atoms with van der Waals surface area (Å²) in [5, 5.41) is 2.58. The highest BCUT2D eigenvalue weighted by Crippen LogP contribution is 2.17. The lowest BCUT2D eigenvalue weighted by Crippen LogP contribution is -2.38. The molecule has 2 rings (SSSR count). The Hall–Kier alpha value is -1.93. The molecule has 1 aliphatic heterocycles. The van der Waals surface area contributed by atoms with Gasteiger partial charge in [0, 0.05) is 19.5 Å². The van der Waals surface area contributed by atoms with E-state index in [1.807, 2.05) is 0 Å². The first kappa shape index (κ1) is 18.4. The number of anilines is 1. The Morgan fingerprint density at radius 2 is 1.83 bits per heavy atom. The summed E-state index contributed by atoms with van der Waals surface area (Å²) in [7, 11) is -2.16. The van der Waals surface area contributed by atoms with Crippen LogP contribution in [0.15, 0.2) is 24.3 Å². The van der Waals surface area contributed by atoms with Crippen molar-refractivity contribution >= 4 is 27.6 Å². The predicted octanol–water partition coefficient (Wildman–Crippen LogP) is 1.62. The van der Waals surface area contributed by atoms with E-state index in [1.54, 1.807) is 18.2 Å². The Morgan fingerprint density at radius 1 is 1.17 bits per heavy atom. The lowest BCUT2D eigenvalue weighted by atomic mass is 10.2. The third kappa shape index (κ3) is 4.78. The van der Waals surface area contributed by atoms with E-state index >= 15 is 0 Å². The van der Waals surface area contributed by atoms with Gasteiger partial charge in [-0.05, 0) is 25.0 Å². The van der Waals surface area contributed by atoms with Crippen molar-refractivity contribution in [2.45, 2.75) is 25.7 Å². The number of rotatable bonds is 6. The number of carbonyl (C=O) groups is 2. The first-order chi connectivity index (χ1) is 11.4. The number of carbonyl (C=O) groups excluding carboxylic acids is 2. The molecule has 1 aromatic carbocycles. The zero-order chi connectivity index (χ0) is 17.6. The van der Waals surface area contributed by atoms with E-state index in [-0.39, 0.29) is 17.7 Å². The number of sulfonamides is 1. The minimum absolute atomic E-state index is 0.158. The molecule has 1 amide bonds. The molecule has 0 bridgehead atoms. The number of hydrogen-bond acceptors (Lipinski definition) is 5. The maximum atomic E-state index is 12.2. The van der Waals surface area contributed by atoms with Gasteiger partial charge in [-0.1, -0.05) is 18.6 Å². The molecule has 1 saturated heterocycles. The van der Waals surface area contributed by atoms with Crippen molar-refractivity contribution < 1.29 is 22.7 Å². The number of nitrogens with zero attached hydrogens (tertiary/aromatic N) is 1. The van der Waals surface area contributed by atoms with Gasteiger partial charge in [0.1, 0.15) is 0 Å². The quantitative estimate of drug-likeness (QED) is 0.784. The van der Waals surface area contributed by atoms with Crippen molar-refractivity contribution in [1.29, 1.82) is 0 Å². The van der Waals surface area contributed by atoms with Crippen LogP contribution in [0.25, 0.3) is 0 Å². The van der Waals surface area contributed by atoms with E-state index in [0.717, 1.165) is 19.3 Å². The molecule has 8 heteroatoms. The highest BCUT2D eigenvalue weighted by atomic mass is 32.2. The SMILES string of the molecule is COC(=O)c1ccccc1NC(=O)CCS(=O)(=O)N1CCCCC1. The normalized spacial score (nSPS) is 15.7. The van der Waals surface area contributed by atoms with Crippen molar-refractivity contribution in [2.24, 2.45) is 0 Å². The molecule has 1 N–H and O–H groups in total. The molecule has 1 aliphatic rings. The zero-order valence-electron chi connectivity index (χ0n) is 13.7. The number of piperidine rings is 1. The fourth-order valence-electron chi connectivity index (χ4n) is 2.59. The van der Waals surface area contributed by atoms with Crippen LogP contribution in [0.5, 0.6) is 0 Å². The summed E-state index contributed by atoms with van der Waals surface area (Å²) in [5.41, 5.74) is 0.539. The molecule has 0 saturated carbocycles. The molecule has 132 valence electrons. The second-order valence-corrected chi connectivity index (χ2v) is 7.70. The average Bonchev–Trinajstić information content (AvgIpc) is 2.60. The molecule has 1 fully saturated rings. The monoisotopic (exact) mass is 354 g/mol. The zero-order valence-corrected chi connectivity index (χ0v) is 14.5. The lowest BCUT2D eigenvalue weighted by molar-refractivity contribution is -0.115. The fourth-order valence-corrected chi connectivity index (χ4v) is 4.10. The van der Waals surface area contributed by atoms with E-state index in [1.165, 1.54) is 17.5 Å². The van der Waals surface area contributed by atoms with Crippen LogP contribution < -0.4 is 5.32 Å². The van der Waals surface area contributed by atoms with Gasteiger partial charge in [0.2, 0.25) is 15.9 Å². The number of amides is 1. The van der Waals surface area contributed by atoms with Crippen LogP contribution in [0, 0.1) is 0 Å². The summed E-state index contributed by atoms with van der Waals surface area (Å²) >= 11 is 0. The first-order valence-electron chi connectivity index (χ1n) is 7.89. The molecule has 1 heterocycles. The Kier molecular flexibility index (Phi) is 6.33. The highest BCUT2D eigenvalue weighted by Gasteiger charge is 2.24. The average molecular weight is 354 g/mol. The maximum Gasteiger partial charge on any atom is 0.339 e. The fraction of sp³-hybridized carbons (Fsp3) is 0.500. The maximum absolute atomic E-state index is 12.2. The number of esters is 1. The molecule has 0 unspecified atom stereocenters. The van der Waals surface area contributed by atoms with Gasteiger partial charge in [0.15, 0.2) is 0 Å². The first-order valence-corrected chi connectivity index (χ1v) is 9.50. The van der Waals surface area contributed by atoms with E-state index in [4.69, 9.17) is 0 Å². The van der Waals surface area contributed by atoms with Crippen LogP contribution in [0.1, 0.15) is 36.0 Å². The number of benzene rings is 1. The van der Waals surface area contributed by atoms with Gasteiger partial charge in [0.05, 0.1) is 24.1 Å². The third-order valence-corrected chi connectivity index (χ3v) is 5.77. The lowest BCUT2D eigenvalue weighted by Gasteiger charge is -2.25. The molecule has 0 radical (unpaired) electrons. The predicted molar refractivity (Wildman–Crippen MR) is 90.2 cm³/mol.